The predicted molar refractivity (Wildman–Crippen MR) is 171 cm³/mol. The molecule has 9 nitrogen and oxygen atoms in total. The molecule has 3 aromatic carbocycles. The quantitative estimate of drug-likeness (QED) is 0.288. The largest absolute Gasteiger partial charge is 0.454 e. The number of carbonyl (C=O) groups is 2. The number of ether oxygens (including phenoxy) is 2. The summed E-state index contributed by atoms with van der Waals surface area (Å²) in [5.74, 6) is 0.0178. The Morgan fingerprint density at radius 3 is 2.34 bits per heavy atom. The van der Waals surface area contributed by atoms with Gasteiger partial charge in [-0.2, -0.15) is 0 Å². The van der Waals surface area contributed by atoms with E-state index in [4.69, 9.17) is 32.7 Å². The molecular formula is C32H35Cl2N3O6S. The van der Waals surface area contributed by atoms with Crippen LogP contribution in [0.1, 0.15) is 43.2 Å². The van der Waals surface area contributed by atoms with Crippen LogP contribution in [0.2, 0.25) is 10.0 Å². The number of hydrogen-bond donors (Lipinski definition) is 1. The maximum atomic E-state index is 14.3. The Bertz CT molecular complexity index is 1600. The van der Waals surface area contributed by atoms with Crippen molar-refractivity contribution in [1.82, 2.24) is 10.2 Å². The van der Waals surface area contributed by atoms with Crippen molar-refractivity contribution in [2.24, 2.45) is 0 Å². The second-order valence-corrected chi connectivity index (χ2v) is 13.8. The van der Waals surface area contributed by atoms with Crippen molar-refractivity contribution in [2.45, 2.75) is 57.2 Å². The van der Waals surface area contributed by atoms with E-state index in [9.17, 15) is 18.0 Å². The minimum atomic E-state index is -3.93. The van der Waals surface area contributed by atoms with Gasteiger partial charge in [0, 0.05) is 25.1 Å². The fourth-order valence-electron chi connectivity index (χ4n) is 5.59. The highest BCUT2D eigenvalue weighted by Gasteiger charge is 2.34. The summed E-state index contributed by atoms with van der Waals surface area (Å²) >= 11 is 12.5. The molecule has 44 heavy (non-hydrogen) atoms. The molecule has 2 aliphatic rings. The molecule has 0 saturated heterocycles. The standard InChI is InChI=1S/C32H35Cl2N3O6S/c1-44(40,41)37(25-13-15-29-30(18-25)43-21-42-29)20-31(38)36(19-23-12-14-26(33)27(34)16-23)28(17-22-8-4-2-5-9-22)32(39)35-24-10-6-3-7-11-24/h2,4-5,8-9,12-16,18,24,28H,3,6-7,10-11,17,19-21H2,1H3,(H,35,39)/t28-/m0/s1. The molecule has 1 heterocycles. The number of amides is 2. The zero-order chi connectivity index (χ0) is 31.3. The highest BCUT2D eigenvalue weighted by molar-refractivity contribution is 7.92. The van der Waals surface area contributed by atoms with Gasteiger partial charge in [-0.1, -0.05) is 78.9 Å². The number of nitrogens with zero attached hydrogens (tertiary/aromatic N) is 2. The molecule has 1 aliphatic carbocycles. The minimum absolute atomic E-state index is 0.00402. The number of benzene rings is 3. The number of rotatable bonds is 11. The fraction of sp³-hybridized carbons (Fsp3) is 0.375. The third-order valence-electron chi connectivity index (χ3n) is 7.88. The highest BCUT2D eigenvalue weighted by Crippen LogP contribution is 2.36. The van der Waals surface area contributed by atoms with E-state index in [1.807, 2.05) is 30.3 Å². The Morgan fingerprint density at radius 1 is 0.909 bits per heavy atom. The Hall–Kier alpha value is -3.47. The van der Waals surface area contributed by atoms with Gasteiger partial charge in [-0.05, 0) is 48.2 Å². The summed E-state index contributed by atoms with van der Waals surface area (Å²) in [5, 5.41) is 3.85. The van der Waals surface area contributed by atoms with Gasteiger partial charge in [0.25, 0.3) is 0 Å². The number of hydrogen-bond acceptors (Lipinski definition) is 6. The highest BCUT2D eigenvalue weighted by atomic mass is 35.5. The lowest BCUT2D eigenvalue weighted by Gasteiger charge is -2.35. The molecule has 3 aromatic rings. The molecule has 1 saturated carbocycles. The molecule has 0 unspecified atom stereocenters. The number of fused-ring (bicyclic) bond motifs is 1. The van der Waals surface area contributed by atoms with Crippen molar-refractivity contribution in [2.75, 3.05) is 23.9 Å². The summed E-state index contributed by atoms with van der Waals surface area (Å²) in [7, 11) is -3.93. The molecule has 2 amide bonds. The number of nitrogens with one attached hydrogen (secondary N) is 1. The number of sulfonamides is 1. The predicted octanol–water partition coefficient (Wildman–Crippen LogP) is 5.58. The average Bonchev–Trinajstić information content (AvgIpc) is 3.48. The summed E-state index contributed by atoms with van der Waals surface area (Å²) in [6, 6.07) is 18.2. The lowest BCUT2D eigenvalue weighted by atomic mass is 9.94. The maximum absolute atomic E-state index is 14.3. The molecule has 1 N–H and O–H groups in total. The van der Waals surface area contributed by atoms with Gasteiger partial charge in [0.15, 0.2) is 11.5 Å². The summed E-state index contributed by atoms with van der Waals surface area (Å²) in [4.78, 5) is 29.8. The zero-order valence-electron chi connectivity index (χ0n) is 24.4. The van der Waals surface area contributed by atoms with Gasteiger partial charge in [0.1, 0.15) is 12.6 Å². The fourth-order valence-corrected chi connectivity index (χ4v) is 6.75. The van der Waals surface area contributed by atoms with Crippen molar-refractivity contribution in [3.05, 3.63) is 87.9 Å². The molecule has 1 aliphatic heterocycles. The minimum Gasteiger partial charge on any atom is -0.454 e. The van der Waals surface area contributed by atoms with Crippen LogP contribution in [-0.2, 0) is 32.6 Å². The second kappa shape index (κ2) is 14.1. The Labute approximate surface area is 268 Å². The van der Waals surface area contributed by atoms with Crippen LogP contribution in [-0.4, -0.2) is 56.8 Å². The maximum Gasteiger partial charge on any atom is 0.244 e. The topological polar surface area (TPSA) is 105 Å². The Kier molecular flexibility index (Phi) is 10.2. The first-order chi connectivity index (χ1) is 21.1. The van der Waals surface area contributed by atoms with E-state index >= 15 is 0 Å². The van der Waals surface area contributed by atoms with Crippen LogP contribution in [0.25, 0.3) is 0 Å². The van der Waals surface area contributed by atoms with Gasteiger partial charge in [-0.25, -0.2) is 8.42 Å². The smallest absolute Gasteiger partial charge is 0.244 e. The van der Waals surface area contributed by atoms with Gasteiger partial charge < -0.3 is 19.7 Å². The normalized spacial score (nSPS) is 15.4. The Balaban J connectivity index is 1.51. The first kappa shape index (κ1) is 31.9. The molecule has 1 atom stereocenters. The van der Waals surface area contributed by atoms with E-state index in [-0.39, 0.29) is 37.4 Å². The van der Waals surface area contributed by atoms with E-state index in [1.165, 1.54) is 11.0 Å². The lowest BCUT2D eigenvalue weighted by Crippen LogP contribution is -2.55. The lowest BCUT2D eigenvalue weighted by molar-refractivity contribution is -0.140. The second-order valence-electron chi connectivity index (χ2n) is 11.1. The van der Waals surface area contributed by atoms with Crippen LogP contribution in [0, 0.1) is 0 Å². The van der Waals surface area contributed by atoms with Crippen molar-refractivity contribution >= 4 is 50.7 Å². The third kappa shape index (κ3) is 7.97. The molecule has 0 aromatic heterocycles. The van der Waals surface area contributed by atoms with Crippen molar-refractivity contribution in [3.8, 4) is 11.5 Å². The van der Waals surface area contributed by atoms with Gasteiger partial charge in [-0.3, -0.25) is 13.9 Å². The molecule has 234 valence electrons. The molecule has 0 spiro atoms. The molecule has 0 radical (unpaired) electrons. The molecule has 12 heteroatoms. The van der Waals surface area contributed by atoms with Crippen LogP contribution in [0.3, 0.4) is 0 Å². The van der Waals surface area contributed by atoms with Crippen molar-refractivity contribution in [3.63, 3.8) is 0 Å². The van der Waals surface area contributed by atoms with E-state index in [2.05, 4.69) is 5.32 Å². The SMILES string of the molecule is CS(=O)(=O)N(CC(=O)N(Cc1ccc(Cl)c(Cl)c1)[C@@H](Cc1ccccc1)C(=O)NC1CCCCC1)c1ccc2c(c1)OCO2. The van der Waals surface area contributed by atoms with Crippen molar-refractivity contribution in [1.29, 1.82) is 0 Å². The van der Waals surface area contributed by atoms with Gasteiger partial charge in [0.2, 0.25) is 28.6 Å². The van der Waals surface area contributed by atoms with Gasteiger partial charge in [-0.15, -0.1) is 0 Å². The molecular weight excluding hydrogens is 625 g/mol. The van der Waals surface area contributed by atoms with Gasteiger partial charge >= 0.3 is 0 Å². The van der Waals surface area contributed by atoms with E-state index in [0.29, 0.717) is 27.1 Å². The average molecular weight is 661 g/mol. The van der Waals surface area contributed by atoms with E-state index in [0.717, 1.165) is 48.2 Å². The van der Waals surface area contributed by atoms with E-state index in [1.54, 1.807) is 30.3 Å². The summed E-state index contributed by atoms with van der Waals surface area (Å²) < 4.78 is 37.9. The Morgan fingerprint density at radius 2 is 1.64 bits per heavy atom. The van der Waals surface area contributed by atoms with Crippen LogP contribution in [0.4, 0.5) is 5.69 Å². The van der Waals surface area contributed by atoms with Crippen LogP contribution < -0.4 is 19.1 Å². The third-order valence-corrected chi connectivity index (χ3v) is 9.76. The zero-order valence-corrected chi connectivity index (χ0v) is 26.7. The van der Waals surface area contributed by atoms with Gasteiger partial charge in [0.05, 0.1) is 22.0 Å². The molecule has 5 rings (SSSR count). The van der Waals surface area contributed by atoms with Crippen LogP contribution in [0.5, 0.6) is 11.5 Å². The van der Waals surface area contributed by atoms with Crippen LogP contribution in [0.15, 0.2) is 66.7 Å². The summed E-state index contributed by atoms with van der Waals surface area (Å²) in [5.41, 5.74) is 1.75. The van der Waals surface area contributed by atoms with E-state index < -0.39 is 28.5 Å². The number of halogens is 2. The summed E-state index contributed by atoms with van der Waals surface area (Å²) in [6.07, 6.45) is 6.19. The first-order valence-electron chi connectivity index (χ1n) is 14.5. The molecule has 0 bridgehead atoms. The summed E-state index contributed by atoms with van der Waals surface area (Å²) in [6.45, 7) is -0.517. The number of anilines is 1. The number of carbonyl (C=O) groups excluding carboxylic acids is 2. The van der Waals surface area contributed by atoms with Crippen molar-refractivity contribution < 1.29 is 27.5 Å². The van der Waals surface area contributed by atoms with Crippen LogP contribution >= 0.6 is 23.2 Å². The monoisotopic (exact) mass is 659 g/mol. The first-order valence-corrected chi connectivity index (χ1v) is 17.1. The molecule has 1 fully saturated rings.